The monoisotopic (exact) mass is 405 g/mol. The number of alkyl carbamates (subject to hydrolysis) is 1. The molecule has 29 heavy (non-hydrogen) atoms. The summed E-state index contributed by atoms with van der Waals surface area (Å²) >= 11 is 0. The molecule has 2 rings (SSSR count). The number of carbonyl (C=O) groups excluding carboxylic acids is 1. The summed E-state index contributed by atoms with van der Waals surface area (Å²) in [6.45, 7) is 6.57. The van der Waals surface area contributed by atoms with Crippen molar-refractivity contribution in [2.24, 2.45) is 0 Å². The van der Waals surface area contributed by atoms with Crippen molar-refractivity contribution in [3.05, 3.63) is 30.3 Å². The lowest BCUT2D eigenvalue weighted by Gasteiger charge is -2.19. The van der Waals surface area contributed by atoms with Crippen molar-refractivity contribution in [2.75, 3.05) is 13.2 Å². The van der Waals surface area contributed by atoms with Crippen LogP contribution in [0.4, 0.5) is 4.79 Å². The number of hydrogen-bond donors (Lipinski definition) is 2. The Hall–Kier alpha value is -3.10. The van der Waals surface area contributed by atoms with Gasteiger partial charge in [0.15, 0.2) is 5.69 Å². The smallest absolute Gasteiger partial charge is 0.407 e. The SMILES string of the molecule is CC(C)(C)OC(=O)NCCCCCCOc1cc(-c2nc(C(=O)O)co2)ccn1. The van der Waals surface area contributed by atoms with E-state index in [1.165, 1.54) is 0 Å². The highest BCUT2D eigenvalue weighted by atomic mass is 16.6. The van der Waals surface area contributed by atoms with Crippen LogP contribution in [0, 0.1) is 0 Å². The summed E-state index contributed by atoms with van der Waals surface area (Å²) in [5.74, 6) is -0.525. The van der Waals surface area contributed by atoms with Crippen LogP contribution in [0.2, 0.25) is 0 Å². The van der Waals surface area contributed by atoms with E-state index < -0.39 is 17.7 Å². The Kier molecular flexibility index (Phi) is 7.99. The van der Waals surface area contributed by atoms with Crippen molar-refractivity contribution in [1.82, 2.24) is 15.3 Å². The van der Waals surface area contributed by atoms with E-state index in [-0.39, 0.29) is 11.6 Å². The van der Waals surface area contributed by atoms with Gasteiger partial charge >= 0.3 is 12.1 Å². The molecule has 0 spiro atoms. The molecular weight excluding hydrogens is 378 g/mol. The van der Waals surface area contributed by atoms with Crippen LogP contribution in [0.25, 0.3) is 11.5 Å². The van der Waals surface area contributed by atoms with E-state index >= 15 is 0 Å². The second-order valence-electron chi connectivity index (χ2n) is 7.42. The standard InChI is InChI=1S/C20H27N3O6/c1-20(2,3)29-19(26)22-9-6-4-5-7-11-27-16-12-14(8-10-21-16)17-23-15(13-28-17)18(24)25/h8,10,12-13H,4-7,9,11H2,1-3H3,(H,22,26)(H,24,25). The summed E-state index contributed by atoms with van der Waals surface area (Å²) < 4.78 is 16.0. The first-order valence-electron chi connectivity index (χ1n) is 9.49. The fraction of sp³-hybridized carbons (Fsp3) is 0.500. The number of nitrogens with zero attached hydrogens (tertiary/aromatic N) is 2. The number of hydrogen-bond acceptors (Lipinski definition) is 7. The molecule has 9 nitrogen and oxygen atoms in total. The molecule has 0 unspecified atom stereocenters. The maximum atomic E-state index is 11.5. The fourth-order valence-corrected chi connectivity index (χ4v) is 2.39. The maximum Gasteiger partial charge on any atom is 0.407 e. The number of amides is 1. The lowest BCUT2D eigenvalue weighted by Crippen LogP contribution is -2.32. The average Bonchev–Trinajstić information content (AvgIpc) is 3.13. The van der Waals surface area contributed by atoms with E-state index in [0.717, 1.165) is 31.9 Å². The third kappa shape index (κ3) is 8.20. The number of aromatic carboxylic acids is 1. The summed E-state index contributed by atoms with van der Waals surface area (Å²) in [6.07, 6.45) is 5.88. The summed E-state index contributed by atoms with van der Waals surface area (Å²) in [7, 11) is 0. The number of ether oxygens (including phenoxy) is 2. The molecule has 0 aliphatic carbocycles. The quantitative estimate of drug-likeness (QED) is 0.570. The molecule has 0 atom stereocenters. The Morgan fingerprint density at radius 1 is 1.21 bits per heavy atom. The minimum atomic E-state index is -1.15. The zero-order valence-electron chi connectivity index (χ0n) is 16.9. The molecule has 0 aliphatic rings. The van der Waals surface area contributed by atoms with Crippen LogP contribution in [0.1, 0.15) is 56.9 Å². The molecular formula is C20H27N3O6. The van der Waals surface area contributed by atoms with Gasteiger partial charge in [-0.15, -0.1) is 0 Å². The molecule has 0 saturated carbocycles. The highest BCUT2D eigenvalue weighted by Crippen LogP contribution is 2.21. The first-order valence-corrected chi connectivity index (χ1v) is 9.49. The molecule has 0 radical (unpaired) electrons. The number of aromatic nitrogens is 2. The van der Waals surface area contributed by atoms with Crippen molar-refractivity contribution < 1.29 is 28.6 Å². The summed E-state index contributed by atoms with van der Waals surface area (Å²) in [6, 6.07) is 3.32. The van der Waals surface area contributed by atoms with Gasteiger partial charge in [-0.05, 0) is 39.7 Å². The lowest BCUT2D eigenvalue weighted by atomic mass is 10.2. The fourth-order valence-electron chi connectivity index (χ4n) is 2.39. The van der Waals surface area contributed by atoms with E-state index in [1.54, 1.807) is 18.3 Å². The second-order valence-corrected chi connectivity index (χ2v) is 7.42. The van der Waals surface area contributed by atoms with Gasteiger partial charge in [-0.2, -0.15) is 0 Å². The third-order valence-electron chi connectivity index (χ3n) is 3.69. The Morgan fingerprint density at radius 2 is 1.97 bits per heavy atom. The van der Waals surface area contributed by atoms with Crippen LogP contribution in [0.15, 0.2) is 29.0 Å². The largest absolute Gasteiger partial charge is 0.478 e. The van der Waals surface area contributed by atoms with E-state index in [9.17, 15) is 9.59 Å². The normalized spacial score (nSPS) is 11.1. The number of rotatable bonds is 10. The molecule has 2 aromatic heterocycles. The lowest BCUT2D eigenvalue weighted by molar-refractivity contribution is 0.0526. The first-order chi connectivity index (χ1) is 13.7. The Labute approximate surface area is 169 Å². The molecule has 158 valence electrons. The Morgan fingerprint density at radius 3 is 2.66 bits per heavy atom. The van der Waals surface area contributed by atoms with Gasteiger partial charge in [-0.3, -0.25) is 0 Å². The zero-order valence-corrected chi connectivity index (χ0v) is 16.9. The molecule has 0 bridgehead atoms. The van der Waals surface area contributed by atoms with Gasteiger partial charge < -0.3 is 24.3 Å². The van der Waals surface area contributed by atoms with Crippen molar-refractivity contribution in [1.29, 1.82) is 0 Å². The van der Waals surface area contributed by atoms with Gasteiger partial charge in [0, 0.05) is 24.4 Å². The molecule has 2 aromatic rings. The molecule has 0 aliphatic heterocycles. The topological polar surface area (TPSA) is 124 Å². The number of carbonyl (C=O) groups is 2. The van der Waals surface area contributed by atoms with Gasteiger partial charge in [0.25, 0.3) is 0 Å². The van der Waals surface area contributed by atoms with Crippen LogP contribution in [-0.2, 0) is 4.74 Å². The Bertz CT molecular complexity index is 813. The second kappa shape index (κ2) is 10.4. The van der Waals surface area contributed by atoms with Crippen molar-refractivity contribution in [3.8, 4) is 17.3 Å². The zero-order chi connectivity index (χ0) is 21.3. The molecule has 0 aromatic carbocycles. The summed E-state index contributed by atoms with van der Waals surface area (Å²) in [5.41, 5.74) is -0.0469. The van der Waals surface area contributed by atoms with Crippen molar-refractivity contribution >= 4 is 12.1 Å². The highest BCUT2D eigenvalue weighted by molar-refractivity contribution is 5.85. The van der Waals surface area contributed by atoms with Crippen LogP contribution >= 0.6 is 0 Å². The summed E-state index contributed by atoms with van der Waals surface area (Å²) in [4.78, 5) is 30.4. The average molecular weight is 405 g/mol. The minimum Gasteiger partial charge on any atom is -0.478 e. The molecule has 9 heteroatoms. The number of oxazole rings is 1. The highest BCUT2D eigenvalue weighted by Gasteiger charge is 2.15. The van der Waals surface area contributed by atoms with Crippen molar-refractivity contribution in [3.63, 3.8) is 0 Å². The Balaban J connectivity index is 1.63. The van der Waals surface area contributed by atoms with Gasteiger partial charge in [0.05, 0.1) is 6.61 Å². The maximum absolute atomic E-state index is 11.5. The van der Waals surface area contributed by atoms with E-state index in [1.807, 2.05) is 20.8 Å². The van der Waals surface area contributed by atoms with E-state index in [4.69, 9.17) is 19.0 Å². The van der Waals surface area contributed by atoms with Crippen LogP contribution < -0.4 is 10.1 Å². The first kappa shape index (κ1) is 22.2. The number of unbranched alkanes of at least 4 members (excludes halogenated alkanes) is 3. The summed E-state index contributed by atoms with van der Waals surface area (Å²) in [5, 5.41) is 11.6. The molecule has 2 N–H and O–H groups in total. The number of carboxylic acid groups (broad SMARTS) is 1. The predicted molar refractivity (Wildman–Crippen MR) is 105 cm³/mol. The third-order valence-corrected chi connectivity index (χ3v) is 3.69. The van der Waals surface area contributed by atoms with Crippen LogP contribution in [0.3, 0.4) is 0 Å². The van der Waals surface area contributed by atoms with Crippen LogP contribution in [0.5, 0.6) is 5.88 Å². The molecule has 0 saturated heterocycles. The number of nitrogens with one attached hydrogen (secondary N) is 1. The van der Waals surface area contributed by atoms with Crippen LogP contribution in [-0.4, -0.2) is 45.9 Å². The number of pyridine rings is 1. The van der Waals surface area contributed by atoms with E-state index in [2.05, 4.69) is 15.3 Å². The van der Waals surface area contributed by atoms with Crippen molar-refractivity contribution in [2.45, 2.75) is 52.1 Å². The van der Waals surface area contributed by atoms with E-state index in [0.29, 0.717) is 24.6 Å². The van der Waals surface area contributed by atoms with Gasteiger partial charge in [0.2, 0.25) is 11.8 Å². The van der Waals surface area contributed by atoms with Gasteiger partial charge in [0.1, 0.15) is 11.9 Å². The molecule has 1 amide bonds. The predicted octanol–water partition coefficient (Wildman–Crippen LogP) is 3.90. The molecule has 2 heterocycles. The molecule has 0 fully saturated rings. The number of carboxylic acids is 1. The minimum absolute atomic E-state index is 0.152. The van der Waals surface area contributed by atoms with Gasteiger partial charge in [-0.25, -0.2) is 19.6 Å². The van der Waals surface area contributed by atoms with Gasteiger partial charge in [-0.1, -0.05) is 12.8 Å².